The number of nitrogens with two attached hydrogens (primary N) is 2. The van der Waals surface area contributed by atoms with Gasteiger partial charge >= 0.3 is 6.09 Å². The quantitative estimate of drug-likeness (QED) is 0.726. The fraction of sp³-hybridized carbons (Fsp3) is 0.682. The van der Waals surface area contributed by atoms with Gasteiger partial charge < -0.3 is 16.2 Å². The molecular weight excluding hydrogens is 404 g/mol. The van der Waals surface area contributed by atoms with Crippen LogP contribution >= 0.6 is 0 Å². The second-order valence-electron chi connectivity index (χ2n) is 9.20. The highest BCUT2D eigenvalue weighted by molar-refractivity contribution is 5.65. The summed E-state index contributed by atoms with van der Waals surface area (Å²) in [6.45, 7) is 5.72. The Morgan fingerprint density at radius 3 is 2.32 bits per heavy atom. The van der Waals surface area contributed by atoms with E-state index in [2.05, 4.69) is 14.8 Å². The molecular formula is C22H35F2N5O2. The fourth-order valence-electron chi connectivity index (χ4n) is 3.08. The van der Waals surface area contributed by atoms with Crippen LogP contribution in [0.15, 0.2) is 18.5 Å². The predicted molar refractivity (Wildman–Crippen MR) is 116 cm³/mol. The number of primary amides is 1. The van der Waals surface area contributed by atoms with E-state index >= 15 is 0 Å². The number of hydrogen-bond acceptors (Lipinski definition) is 5. The highest BCUT2D eigenvalue weighted by Gasteiger charge is 2.35. The summed E-state index contributed by atoms with van der Waals surface area (Å²) in [5.74, 6) is -2.17. The molecule has 0 atom stereocenters. The molecule has 2 aromatic rings. The number of aromatic nitrogens is 3. The van der Waals surface area contributed by atoms with E-state index in [0.717, 1.165) is 23.3 Å². The number of alkyl halides is 2. The van der Waals surface area contributed by atoms with Crippen molar-refractivity contribution in [1.82, 2.24) is 14.6 Å². The minimum Gasteiger partial charge on any atom is -0.444 e. The van der Waals surface area contributed by atoms with Gasteiger partial charge in [-0.15, -0.1) is 0 Å². The Kier molecular flexibility index (Phi) is 8.73. The molecule has 0 radical (unpaired) electrons. The van der Waals surface area contributed by atoms with Crippen LogP contribution in [0.2, 0.25) is 0 Å². The van der Waals surface area contributed by atoms with Crippen molar-refractivity contribution in [3.05, 3.63) is 29.7 Å². The molecule has 174 valence electrons. The van der Waals surface area contributed by atoms with Gasteiger partial charge in [0.2, 0.25) is 5.92 Å². The molecule has 0 spiro atoms. The normalized spacial score (nSPS) is 17.7. The van der Waals surface area contributed by atoms with Crippen molar-refractivity contribution in [1.29, 1.82) is 0 Å². The summed E-state index contributed by atoms with van der Waals surface area (Å²) in [7, 11) is 0. The van der Waals surface area contributed by atoms with Gasteiger partial charge in [-0.2, -0.15) is 5.10 Å². The first kappa shape index (κ1) is 25.0. The maximum Gasteiger partial charge on any atom is 0.405 e. The first-order valence-corrected chi connectivity index (χ1v) is 10.9. The second kappa shape index (κ2) is 10.8. The zero-order chi connectivity index (χ0) is 23.1. The van der Waals surface area contributed by atoms with E-state index in [1.54, 1.807) is 31.5 Å². The Morgan fingerprint density at radius 1 is 1.26 bits per heavy atom. The summed E-state index contributed by atoms with van der Waals surface area (Å²) in [5, 5.41) is 4.24. The molecule has 0 saturated heterocycles. The molecule has 0 bridgehead atoms. The average Bonchev–Trinajstić information content (AvgIpc) is 3.48. The van der Waals surface area contributed by atoms with Crippen LogP contribution in [-0.4, -0.2) is 32.2 Å². The maximum absolute atomic E-state index is 13.1. The van der Waals surface area contributed by atoms with Gasteiger partial charge in [0, 0.05) is 19.4 Å². The Balaban J connectivity index is 0.000000257. The molecule has 4 N–H and O–H groups in total. The van der Waals surface area contributed by atoms with Crippen LogP contribution in [0.4, 0.5) is 13.6 Å². The van der Waals surface area contributed by atoms with E-state index in [-0.39, 0.29) is 12.8 Å². The van der Waals surface area contributed by atoms with Crippen molar-refractivity contribution >= 4 is 11.7 Å². The van der Waals surface area contributed by atoms with Crippen molar-refractivity contribution in [3.63, 3.8) is 0 Å². The molecule has 9 heteroatoms. The highest BCUT2D eigenvalue weighted by atomic mass is 19.3. The Morgan fingerprint density at radius 2 is 1.87 bits per heavy atom. The monoisotopic (exact) mass is 439 g/mol. The minimum atomic E-state index is -2.47. The zero-order valence-corrected chi connectivity index (χ0v) is 18.7. The van der Waals surface area contributed by atoms with E-state index in [4.69, 9.17) is 11.5 Å². The first-order chi connectivity index (χ1) is 14.5. The molecule has 1 amide bonds. The topological polar surface area (TPSA) is 109 Å². The van der Waals surface area contributed by atoms with Crippen LogP contribution in [0.1, 0.15) is 77.0 Å². The van der Waals surface area contributed by atoms with Crippen LogP contribution in [0.5, 0.6) is 0 Å². The molecule has 7 nitrogen and oxygen atoms in total. The van der Waals surface area contributed by atoms with Gasteiger partial charge in [0.25, 0.3) is 0 Å². The van der Waals surface area contributed by atoms with E-state index in [9.17, 15) is 13.6 Å². The molecule has 2 aliphatic rings. The molecule has 0 unspecified atom stereocenters. The molecule has 4 rings (SSSR count). The van der Waals surface area contributed by atoms with Crippen LogP contribution in [-0.2, 0) is 17.7 Å². The molecule has 2 aliphatic carbocycles. The molecule has 31 heavy (non-hydrogen) atoms. The van der Waals surface area contributed by atoms with Crippen molar-refractivity contribution < 1.29 is 18.3 Å². The van der Waals surface area contributed by atoms with Crippen LogP contribution in [0, 0.1) is 5.92 Å². The van der Waals surface area contributed by atoms with Crippen LogP contribution < -0.4 is 11.5 Å². The van der Waals surface area contributed by atoms with Crippen LogP contribution in [0.25, 0.3) is 5.65 Å². The Labute approximate surface area is 182 Å². The summed E-state index contributed by atoms with van der Waals surface area (Å²) in [6.07, 6.45) is 9.27. The Bertz CT molecular complexity index is 833. The SMILES string of the molecule is C1CC1.CC(C)(C)OC(N)=O.NCc1cnn2cc(CC3CCC(F)(F)CC3)nc2c1. The third-order valence-electron chi connectivity index (χ3n) is 4.76. The number of imidazole rings is 1. The first-order valence-electron chi connectivity index (χ1n) is 10.9. The minimum absolute atomic E-state index is 0.000605. The predicted octanol–water partition coefficient (Wildman–Crippen LogP) is 4.61. The fourth-order valence-corrected chi connectivity index (χ4v) is 3.08. The number of ether oxygens (including phenoxy) is 1. The number of amides is 1. The van der Waals surface area contributed by atoms with Crippen LogP contribution in [0.3, 0.4) is 0 Å². The lowest BCUT2D eigenvalue weighted by atomic mass is 9.84. The summed E-state index contributed by atoms with van der Waals surface area (Å²) in [6, 6.07) is 1.91. The zero-order valence-electron chi connectivity index (χ0n) is 18.7. The third kappa shape index (κ3) is 10.0. The summed E-state index contributed by atoms with van der Waals surface area (Å²) in [5.41, 5.74) is 12.5. The largest absolute Gasteiger partial charge is 0.444 e. The number of carbonyl (C=O) groups excluding carboxylic acids is 1. The number of carbonyl (C=O) groups is 1. The standard InChI is InChI=1S/C14H18F2N4.C5H11NO2.C3H6/c15-14(16)3-1-10(2-4-14)5-12-9-20-13(19-12)6-11(7-17)8-18-20;1-5(2,3)8-4(6)7;1-2-3-1/h6,8-10H,1-5,7,17H2;1-3H3,(H2,6,7);1-3H2. The van der Waals surface area contributed by atoms with Crippen molar-refractivity contribution in [2.75, 3.05) is 0 Å². The smallest absolute Gasteiger partial charge is 0.405 e. The van der Waals surface area contributed by atoms with Gasteiger partial charge in [-0.3, -0.25) is 0 Å². The van der Waals surface area contributed by atoms with Gasteiger partial charge in [-0.05, 0) is 57.6 Å². The van der Waals surface area contributed by atoms with Gasteiger partial charge in [0.1, 0.15) is 5.60 Å². The summed E-state index contributed by atoms with van der Waals surface area (Å²) in [4.78, 5) is 14.5. The molecule has 0 aromatic carbocycles. The summed E-state index contributed by atoms with van der Waals surface area (Å²) >= 11 is 0. The number of halogens is 2. The molecule has 2 saturated carbocycles. The molecule has 0 aliphatic heterocycles. The second-order valence-corrected chi connectivity index (χ2v) is 9.20. The number of nitrogens with zero attached hydrogens (tertiary/aromatic N) is 3. The lowest BCUT2D eigenvalue weighted by Gasteiger charge is -2.27. The molecule has 2 aromatic heterocycles. The van der Waals surface area contributed by atoms with E-state index < -0.39 is 17.6 Å². The molecule has 2 fully saturated rings. The maximum atomic E-state index is 13.1. The number of rotatable bonds is 3. The van der Waals surface area contributed by atoms with Gasteiger partial charge in [0.15, 0.2) is 5.65 Å². The Hall–Kier alpha value is -2.29. The van der Waals surface area contributed by atoms with E-state index in [0.29, 0.717) is 25.3 Å². The van der Waals surface area contributed by atoms with Crippen molar-refractivity contribution in [2.45, 2.75) is 90.2 Å². The highest BCUT2D eigenvalue weighted by Crippen LogP contribution is 2.37. The lowest BCUT2D eigenvalue weighted by Crippen LogP contribution is -2.27. The molecule has 2 heterocycles. The van der Waals surface area contributed by atoms with Gasteiger partial charge in [-0.1, -0.05) is 19.3 Å². The van der Waals surface area contributed by atoms with Crippen molar-refractivity contribution in [3.8, 4) is 0 Å². The van der Waals surface area contributed by atoms with E-state index in [1.807, 2.05) is 12.3 Å². The summed E-state index contributed by atoms with van der Waals surface area (Å²) < 4.78 is 32.5. The van der Waals surface area contributed by atoms with E-state index in [1.165, 1.54) is 19.3 Å². The van der Waals surface area contributed by atoms with Gasteiger partial charge in [0.05, 0.1) is 18.1 Å². The van der Waals surface area contributed by atoms with Gasteiger partial charge in [-0.25, -0.2) is 23.1 Å². The third-order valence-corrected chi connectivity index (χ3v) is 4.76. The lowest BCUT2D eigenvalue weighted by molar-refractivity contribution is -0.0457. The number of hydrogen-bond donors (Lipinski definition) is 2. The number of fused-ring (bicyclic) bond motifs is 1. The average molecular weight is 440 g/mol. The van der Waals surface area contributed by atoms with Crippen molar-refractivity contribution in [2.24, 2.45) is 17.4 Å².